The van der Waals surface area contributed by atoms with Crippen LogP contribution < -0.4 is 10.1 Å². The topological polar surface area (TPSA) is 73.6 Å². The molecule has 0 unspecified atom stereocenters. The van der Waals surface area contributed by atoms with Gasteiger partial charge in [-0.2, -0.15) is 0 Å². The molecule has 1 amide bonds. The highest BCUT2D eigenvalue weighted by atomic mass is 16.5. The van der Waals surface area contributed by atoms with Gasteiger partial charge in [0.25, 0.3) is 5.91 Å². The summed E-state index contributed by atoms with van der Waals surface area (Å²) in [5.74, 6) is 1.27. The van der Waals surface area contributed by atoms with Crippen LogP contribution in [0.3, 0.4) is 0 Å². The van der Waals surface area contributed by atoms with Gasteiger partial charge < -0.3 is 19.2 Å². The van der Waals surface area contributed by atoms with Crippen LogP contribution in [-0.2, 0) is 11.3 Å². The van der Waals surface area contributed by atoms with E-state index in [1.807, 2.05) is 24.3 Å². The van der Waals surface area contributed by atoms with Crippen molar-refractivity contribution in [2.45, 2.75) is 6.54 Å². The van der Waals surface area contributed by atoms with Crippen molar-refractivity contribution in [3.8, 4) is 17.2 Å². The molecule has 0 aliphatic carbocycles. The van der Waals surface area contributed by atoms with E-state index in [0.717, 1.165) is 11.3 Å². The molecule has 0 saturated carbocycles. The van der Waals surface area contributed by atoms with Crippen LogP contribution >= 0.6 is 0 Å². The largest absolute Gasteiger partial charge is 0.491 e. The molecule has 3 rings (SSSR count). The van der Waals surface area contributed by atoms with Gasteiger partial charge in [0.1, 0.15) is 18.1 Å². The Morgan fingerprint density at radius 1 is 1.12 bits per heavy atom. The molecule has 26 heavy (non-hydrogen) atoms. The van der Waals surface area contributed by atoms with E-state index < -0.39 is 0 Å². The van der Waals surface area contributed by atoms with Crippen LogP contribution in [0.4, 0.5) is 0 Å². The van der Waals surface area contributed by atoms with Crippen LogP contribution in [0.2, 0.25) is 0 Å². The maximum Gasteiger partial charge on any atom is 0.251 e. The van der Waals surface area contributed by atoms with E-state index in [-0.39, 0.29) is 5.91 Å². The molecule has 0 radical (unpaired) electrons. The Labute approximate surface area is 151 Å². The van der Waals surface area contributed by atoms with E-state index in [1.165, 1.54) is 0 Å². The number of nitrogens with one attached hydrogen (secondary N) is 1. The predicted molar refractivity (Wildman–Crippen MR) is 96.9 cm³/mol. The fraction of sp³-hybridized carbons (Fsp3) is 0.200. The lowest BCUT2D eigenvalue weighted by molar-refractivity contribution is 0.0950. The molecular formula is C20H20N2O4. The quantitative estimate of drug-likeness (QED) is 0.630. The average molecular weight is 352 g/mol. The highest BCUT2D eigenvalue weighted by molar-refractivity contribution is 5.94. The highest BCUT2D eigenvalue weighted by Crippen LogP contribution is 2.17. The Hall–Kier alpha value is -3.12. The molecule has 0 atom stereocenters. The second kappa shape index (κ2) is 8.82. The van der Waals surface area contributed by atoms with Crippen LogP contribution in [0.15, 0.2) is 65.4 Å². The zero-order chi connectivity index (χ0) is 18.2. The van der Waals surface area contributed by atoms with Crippen LogP contribution in [0, 0.1) is 0 Å². The number of aromatic nitrogens is 1. The third-order valence-electron chi connectivity index (χ3n) is 3.72. The average Bonchev–Trinajstić information content (AvgIpc) is 3.22. The van der Waals surface area contributed by atoms with Crippen molar-refractivity contribution in [1.82, 2.24) is 10.3 Å². The predicted octanol–water partition coefficient (Wildman–Crippen LogP) is 3.30. The minimum absolute atomic E-state index is 0.149. The van der Waals surface area contributed by atoms with E-state index >= 15 is 0 Å². The molecule has 6 nitrogen and oxygen atoms in total. The molecule has 3 aromatic rings. The number of carbonyl (C=O) groups is 1. The van der Waals surface area contributed by atoms with Crippen molar-refractivity contribution in [1.29, 1.82) is 0 Å². The molecule has 2 heterocycles. The van der Waals surface area contributed by atoms with Crippen LogP contribution in [0.1, 0.15) is 15.9 Å². The Balaban J connectivity index is 1.52. The summed E-state index contributed by atoms with van der Waals surface area (Å²) >= 11 is 0. The van der Waals surface area contributed by atoms with Gasteiger partial charge in [0, 0.05) is 25.4 Å². The fourth-order valence-electron chi connectivity index (χ4n) is 2.33. The number of nitrogens with zero attached hydrogens (tertiary/aromatic N) is 1. The van der Waals surface area contributed by atoms with Gasteiger partial charge in [-0.1, -0.05) is 6.07 Å². The zero-order valence-corrected chi connectivity index (χ0v) is 14.5. The lowest BCUT2D eigenvalue weighted by Gasteiger charge is -2.08. The number of furan rings is 1. The first-order valence-corrected chi connectivity index (χ1v) is 8.25. The Kier molecular flexibility index (Phi) is 6.01. The first-order chi connectivity index (χ1) is 12.8. The van der Waals surface area contributed by atoms with Gasteiger partial charge in [0.2, 0.25) is 0 Å². The summed E-state index contributed by atoms with van der Waals surface area (Å²) in [7, 11) is 1.62. The molecule has 1 N–H and O–H groups in total. The van der Waals surface area contributed by atoms with Gasteiger partial charge in [-0.15, -0.1) is 0 Å². The minimum atomic E-state index is -0.149. The second-order valence-electron chi connectivity index (χ2n) is 5.58. The number of carbonyl (C=O) groups excluding carboxylic acids is 1. The molecule has 0 fully saturated rings. The van der Waals surface area contributed by atoms with Crippen molar-refractivity contribution in [3.05, 3.63) is 72.1 Å². The number of hydrogen-bond donors (Lipinski definition) is 1. The van der Waals surface area contributed by atoms with Gasteiger partial charge in [0.05, 0.1) is 12.9 Å². The number of ether oxygens (including phenoxy) is 2. The highest BCUT2D eigenvalue weighted by Gasteiger charge is 2.07. The van der Waals surface area contributed by atoms with E-state index in [2.05, 4.69) is 10.3 Å². The summed E-state index contributed by atoms with van der Waals surface area (Å²) in [5, 5.41) is 2.88. The molecule has 2 aromatic heterocycles. The first kappa shape index (κ1) is 17.7. The minimum Gasteiger partial charge on any atom is -0.491 e. The van der Waals surface area contributed by atoms with Gasteiger partial charge in [-0.3, -0.25) is 9.78 Å². The maximum absolute atomic E-state index is 12.2. The SMILES string of the molecule is COCCOc1ccc(C(=O)NCc2ccc(-c3ccco3)nc2)cc1. The van der Waals surface area contributed by atoms with Crippen molar-refractivity contribution >= 4 is 5.91 Å². The molecule has 6 heteroatoms. The monoisotopic (exact) mass is 352 g/mol. The van der Waals surface area contributed by atoms with Crippen molar-refractivity contribution in [2.24, 2.45) is 0 Å². The number of pyridine rings is 1. The van der Waals surface area contributed by atoms with E-state index in [1.54, 1.807) is 43.8 Å². The number of amides is 1. The number of rotatable bonds is 8. The van der Waals surface area contributed by atoms with Crippen molar-refractivity contribution in [2.75, 3.05) is 20.3 Å². The van der Waals surface area contributed by atoms with Crippen molar-refractivity contribution in [3.63, 3.8) is 0 Å². The third kappa shape index (κ3) is 4.70. The van der Waals surface area contributed by atoms with Crippen LogP contribution in [0.5, 0.6) is 5.75 Å². The molecule has 0 bridgehead atoms. The van der Waals surface area contributed by atoms with E-state index in [0.29, 0.717) is 36.8 Å². The standard InChI is InChI=1S/C20H20N2O4/c1-24-11-12-25-17-7-5-16(6-8-17)20(23)22-14-15-4-9-18(21-13-15)19-3-2-10-26-19/h2-10,13H,11-12,14H2,1H3,(H,22,23). The maximum atomic E-state index is 12.2. The lowest BCUT2D eigenvalue weighted by Crippen LogP contribution is -2.22. The summed E-state index contributed by atoms with van der Waals surface area (Å²) in [5.41, 5.74) is 2.24. The number of hydrogen-bond acceptors (Lipinski definition) is 5. The summed E-state index contributed by atoms with van der Waals surface area (Å²) in [6, 6.07) is 14.5. The Morgan fingerprint density at radius 2 is 1.96 bits per heavy atom. The smallest absolute Gasteiger partial charge is 0.251 e. The molecule has 134 valence electrons. The third-order valence-corrected chi connectivity index (χ3v) is 3.72. The van der Waals surface area contributed by atoms with Gasteiger partial charge >= 0.3 is 0 Å². The van der Waals surface area contributed by atoms with Crippen molar-refractivity contribution < 1.29 is 18.7 Å². The second-order valence-corrected chi connectivity index (χ2v) is 5.58. The molecule has 0 spiro atoms. The fourth-order valence-corrected chi connectivity index (χ4v) is 2.33. The number of benzene rings is 1. The summed E-state index contributed by atoms with van der Waals surface area (Å²) in [6.07, 6.45) is 3.34. The normalized spacial score (nSPS) is 10.5. The molecular weight excluding hydrogens is 332 g/mol. The molecule has 0 saturated heterocycles. The molecule has 0 aliphatic rings. The lowest BCUT2D eigenvalue weighted by atomic mass is 10.2. The van der Waals surface area contributed by atoms with Gasteiger partial charge in [-0.25, -0.2) is 0 Å². The van der Waals surface area contributed by atoms with Gasteiger partial charge in [0.15, 0.2) is 5.76 Å². The summed E-state index contributed by atoms with van der Waals surface area (Å²) in [6.45, 7) is 1.40. The molecule has 0 aliphatic heterocycles. The zero-order valence-electron chi connectivity index (χ0n) is 14.5. The van der Waals surface area contributed by atoms with Crippen LogP contribution in [0.25, 0.3) is 11.5 Å². The van der Waals surface area contributed by atoms with E-state index in [4.69, 9.17) is 13.9 Å². The first-order valence-electron chi connectivity index (χ1n) is 8.25. The Bertz CT molecular complexity index is 812. The Morgan fingerprint density at radius 3 is 2.62 bits per heavy atom. The van der Waals surface area contributed by atoms with Crippen LogP contribution in [-0.4, -0.2) is 31.2 Å². The summed E-state index contributed by atoms with van der Waals surface area (Å²) in [4.78, 5) is 16.6. The van der Waals surface area contributed by atoms with Gasteiger partial charge in [-0.05, 0) is 48.0 Å². The number of methoxy groups -OCH3 is 1. The van der Waals surface area contributed by atoms with E-state index in [9.17, 15) is 4.79 Å². The summed E-state index contributed by atoms with van der Waals surface area (Å²) < 4.78 is 15.7. The molecule has 1 aromatic carbocycles.